The Morgan fingerprint density at radius 2 is 1.97 bits per heavy atom. The van der Waals surface area contributed by atoms with Gasteiger partial charge >= 0.3 is 0 Å². The summed E-state index contributed by atoms with van der Waals surface area (Å²) >= 11 is 0. The third kappa shape index (κ3) is 2.79. The summed E-state index contributed by atoms with van der Waals surface area (Å²) in [6, 6.07) is 0.951. The second-order valence-electron chi connectivity index (χ2n) is 9.62. The topological polar surface area (TPSA) is 101 Å². The molecule has 2 aromatic rings. The highest BCUT2D eigenvalue weighted by Gasteiger charge is 2.69. The van der Waals surface area contributed by atoms with Crippen LogP contribution < -0.4 is 10.7 Å². The van der Waals surface area contributed by atoms with Crippen molar-refractivity contribution in [1.29, 1.82) is 0 Å². The molecule has 5 atom stereocenters. The van der Waals surface area contributed by atoms with Gasteiger partial charge in [0.1, 0.15) is 23.0 Å². The van der Waals surface area contributed by atoms with Crippen LogP contribution in [0, 0.1) is 29.3 Å². The number of pyridine rings is 1. The molecule has 6 rings (SSSR count). The summed E-state index contributed by atoms with van der Waals surface area (Å²) in [6.45, 7) is 1.47. The zero-order chi connectivity index (χ0) is 24.1. The Kier molecular flexibility index (Phi) is 4.27. The molecule has 11 heteroatoms. The number of carbonyl (C=O) groups excluding carboxylic acids is 2. The molecule has 2 aliphatic heterocycles. The van der Waals surface area contributed by atoms with Gasteiger partial charge in [-0.25, -0.2) is 13.2 Å². The Labute approximate surface area is 190 Å². The van der Waals surface area contributed by atoms with Gasteiger partial charge in [-0.2, -0.15) is 0 Å². The Morgan fingerprint density at radius 1 is 1.26 bits per heavy atom. The quantitative estimate of drug-likeness (QED) is 0.706. The molecule has 0 radical (unpaired) electrons. The number of nitrogens with one attached hydrogen (secondary N) is 1. The van der Waals surface area contributed by atoms with Crippen molar-refractivity contribution in [3.63, 3.8) is 0 Å². The van der Waals surface area contributed by atoms with Gasteiger partial charge in [-0.3, -0.25) is 14.4 Å². The van der Waals surface area contributed by atoms with Crippen molar-refractivity contribution < 1.29 is 32.6 Å². The summed E-state index contributed by atoms with van der Waals surface area (Å²) in [5.74, 6) is -5.18. The lowest BCUT2D eigenvalue weighted by molar-refractivity contribution is -0.167. The molecule has 0 spiro atoms. The maximum atomic E-state index is 13.9. The molecule has 8 nitrogen and oxygen atoms in total. The molecule has 178 valence electrons. The van der Waals surface area contributed by atoms with Crippen LogP contribution in [0.15, 0.2) is 23.1 Å². The number of aromatic nitrogens is 1. The predicted molar refractivity (Wildman–Crippen MR) is 109 cm³/mol. The molecule has 2 saturated carbocycles. The van der Waals surface area contributed by atoms with Gasteiger partial charge in [-0.1, -0.05) is 0 Å². The lowest BCUT2D eigenvalue weighted by atomic mass is 9.89. The fraction of sp³-hybridized carbons (Fsp3) is 0.435. The molecule has 2 aliphatic carbocycles. The number of ether oxygens (including phenoxy) is 1. The standard InChI is InChI=1S/C23H20F3N3O5/c1-23-5-16(10-4-13(10)23)34-17-8-28-7-12(19(30)20(31)18(28)22(33)29(17)23)21(32)27-6-11-14(25)2-9(24)3-15(11)26/h2-3,7,10,13,16-17,31H,4-6,8H2,1H3,(H,27,32)/t10-,13+,16?,17?,23+/m1/s1. The third-order valence-electron chi connectivity index (χ3n) is 7.71. The predicted octanol–water partition coefficient (Wildman–Crippen LogP) is 1.88. The van der Waals surface area contributed by atoms with E-state index in [4.69, 9.17) is 4.74 Å². The van der Waals surface area contributed by atoms with Gasteiger partial charge in [0.25, 0.3) is 11.8 Å². The van der Waals surface area contributed by atoms with Crippen LogP contribution in [0.1, 0.15) is 46.2 Å². The smallest absolute Gasteiger partial charge is 0.277 e. The zero-order valence-corrected chi connectivity index (χ0v) is 18.0. The summed E-state index contributed by atoms with van der Waals surface area (Å²) in [4.78, 5) is 40.4. The molecule has 34 heavy (non-hydrogen) atoms. The van der Waals surface area contributed by atoms with Crippen molar-refractivity contribution in [3.05, 3.63) is 62.8 Å². The second kappa shape index (κ2) is 6.84. The van der Waals surface area contributed by atoms with Gasteiger partial charge in [-0.15, -0.1) is 0 Å². The Bertz CT molecular complexity index is 1320. The molecule has 2 N–H and O–H groups in total. The first-order valence-corrected chi connectivity index (χ1v) is 11.0. The molecule has 1 aromatic carbocycles. The number of aromatic hydroxyl groups is 1. The Balaban J connectivity index is 1.31. The zero-order valence-electron chi connectivity index (χ0n) is 18.0. The second-order valence-corrected chi connectivity index (χ2v) is 9.62. The molecular formula is C23H20F3N3O5. The van der Waals surface area contributed by atoms with Crippen LogP contribution in [0.5, 0.6) is 5.75 Å². The minimum absolute atomic E-state index is 0.0434. The lowest BCUT2D eigenvalue weighted by Crippen LogP contribution is -2.64. The van der Waals surface area contributed by atoms with E-state index in [1.807, 2.05) is 6.92 Å². The van der Waals surface area contributed by atoms with Crippen LogP contribution in [0.4, 0.5) is 13.2 Å². The molecule has 2 amide bonds. The molecule has 1 saturated heterocycles. The van der Waals surface area contributed by atoms with Crippen LogP contribution in [-0.2, 0) is 17.8 Å². The normalized spacial score (nSPS) is 30.5. The maximum absolute atomic E-state index is 13.9. The minimum atomic E-state index is -1.19. The van der Waals surface area contributed by atoms with Gasteiger partial charge in [-0.05, 0) is 31.6 Å². The van der Waals surface area contributed by atoms with E-state index in [1.54, 1.807) is 4.90 Å². The molecule has 1 aromatic heterocycles. The van der Waals surface area contributed by atoms with E-state index in [9.17, 15) is 32.7 Å². The fourth-order valence-corrected chi connectivity index (χ4v) is 6.02. The van der Waals surface area contributed by atoms with Crippen molar-refractivity contribution in [2.45, 2.75) is 50.7 Å². The van der Waals surface area contributed by atoms with Crippen molar-refractivity contribution in [3.8, 4) is 5.75 Å². The number of carbonyl (C=O) groups is 2. The van der Waals surface area contributed by atoms with Gasteiger partial charge in [0.05, 0.1) is 12.6 Å². The molecule has 2 bridgehead atoms. The van der Waals surface area contributed by atoms with Gasteiger partial charge in [0, 0.05) is 36.0 Å². The molecule has 3 fully saturated rings. The number of amides is 2. The monoisotopic (exact) mass is 475 g/mol. The lowest BCUT2D eigenvalue weighted by Gasteiger charge is -2.51. The first-order chi connectivity index (χ1) is 16.1. The Morgan fingerprint density at radius 3 is 2.68 bits per heavy atom. The number of nitrogens with zero attached hydrogens (tertiary/aromatic N) is 2. The van der Waals surface area contributed by atoms with Crippen LogP contribution in [0.3, 0.4) is 0 Å². The van der Waals surface area contributed by atoms with E-state index in [2.05, 4.69) is 5.32 Å². The van der Waals surface area contributed by atoms with E-state index in [0.717, 1.165) is 12.6 Å². The van der Waals surface area contributed by atoms with E-state index >= 15 is 0 Å². The van der Waals surface area contributed by atoms with Crippen LogP contribution >= 0.6 is 0 Å². The number of fused-ring (bicyclic) bond motifs is 8. The highest BCUT2D eigenvalue weighted by molar-refractivity contribution is 5.99. The van der Waals surface area contributed by atoms with E-state index in [0.29, 0.717) is 30.4 Å². The number of halogens is 3. The van der Waals surface area contributed by atoms with E-state index < -0.39 is 69.9 Å². The number of rotatable bonds is 3. The van der Waals surface area contributed by atoms with Gasteiger partial charge in [0.15, 0.2) is 17.7 Å². The number of hydrogen-bond acceptors (Lipinski definition) is 5. The molecule has 3 heterocycles. The summed E-state index contributed by atoms with van der Waals surface area (Å²) in [5.41, 5.74) is -2.80. The SMILES string of the molecule is C[C@@]12CC(OC3Cn4cc(C(=O)NCc5c(F)cc(F)cc5F)c(=O)c(O)c4C(=O)N31)[C@@H]1C[C@@H]12. The fourth-order valence-electron chi connectivity index (χ4n) is 6.02. The molecule has 2 unspecified atom stereocenters. The average molecular weight is 475 g/mol. The van der Waals surface area contributed by atoms with Crippen LogP contribution in [0.2, 0.25) is 0 Å². The van der Waals surface area contributed by atoms with Crippen LogP contribution in [-0.4, -0.2) is 44.3 Å². The van der Waals surface area contributed by atoms with E-state index in [-0.39, 0.29) is 18.3 Å². The minimum Gasteiger partial charge on any atom is -0.503 e. The average Bonchev–Trinajstić information content (AvgIpc) is 3.53. The number of hydrogen-bond donors (Lipinski definition) is 2. The first-order valence-electron chi connectivity index (χ1n) is 11.0. The summed E-state index contributed by atoms with van der Waals surface area (Å²) in [7, 11) is 0. The molecular weight excluding hydrogens is 455 g/mol. The summed E-state index contributed by atoms with van der Waals surface area (Å²) in [5, 5.41) is 12.8. The number of benzene rings is 1. The first kappa shape index (κ1) is 21.2. The van der Waals surface area contributed by atoms with Gasteiger partial charge in [0.2, 0.25) is 5.43 Å². The highest BCUT2D eigenvalue weighted by Crippen LogP contribution is 2.64. The van der Waals surface area contributed by atoms with Crippen molar-refractivity contribution >= 4 is 11.8 Å². The Hall–Kier alpha value is -3.34. The van der Waals surface area contributed by atoms with Gasteiger partial charge < -0.3 is 24.6 Å². The van der Waals surface area contributed by atoms with Crippen LogP contribution in [0.25, 0.3) is 0 Å². The van der Waals surface area contributed by atoms with Crippen molar-refractivity contribution in [2.24, 2.45) is 11.8 Å². The molecule has 4 aliphatic rings. The van der Waals surface area contributed by atoms with Crippen molar-refractivity contribution in [2.75, 3.05) is 0 Å². The van der Waals surface area contributed by atoms with Crippen molar-refractivity contribution in [1.82, 2.24) is 14.8 Å². The third-order valence-corrected chi connectivity index (χ3v) is 7.71. The van der Waals surface area contributed by atoms with E-state index in [1.165, 1.54) is 4.57 Å². The largest absolute Gasteiger partial charge is 0.503 e. The summed E-state index contributed by atoms with van der Waals surface area (Å²) in [6.07, 6.45) is 2.26. The highest BCUT2D eigenvalue weighted by atomic mass is 19.1. The summed E-state index contributed by atoms with van der Waals surface area (Å²) < 4.78 is 48.3. The maximum Gasteiger partial charge on any atom is 0.277 e.